The summed E-state index contributed by atoms with van der Waals surface area (Å²) in [6.07, 6.45) is 3.71. The van der Waals surface area contributed by atoms with Crippen molar-refractivity contribution in [1.29, 1.82) is 0 Å². The fourth-order valence-electron chi connectivity index (χ4n) is 2.56. The second-order valence-corrected chi connectivity index (χ2v) is 5.41. The maximum atomic E-state index is 5.84. The first-order chi connectivity index (χ1) is 11.3. The zero-order valence-corrected chi connectivity index (χ0v) is 12.9. The van der Waals surface area contributed by atoms with E-state index in [9.17, 15) is 0 Å². The van der Waals surface area contributed by atoms with E-state index in [1.165, 1.54) is 11.1 Å². The maximum absolute atomic E-state index is 5.84. The molecule has 0 fully saturated rings. The van der Waals surface area contributed by atoms with Gasteiger partial charge < -0.3 is 5.73 Å². The predicted octanol–water partition coefficient (Wildman–Crippen LogP) is 3.54. The Kier molecular flexibility index (Phi) is 4.39. The standard InChI is InChI=1S/C22H19N/c1-17-7-5-6-10-21(17)15-22(16-23)20-13-11-19(12-14-20)18-8-3-2-4-9-18/h2-16H,1,23H2/b21-15-,22-16+. The molecule has 0 spiro atoms. The molecule has 0 atom stereocenters. The van der Waals surface area contributed by atoms with Gasteiger partial charge in [0.1, 0.15) is 0 Å². The number of nitrogens with two attached hydrogens (primary N) is 1. The SMILES string of the molecule is C=c1cccc/c1=C/C(=C\N)c1ccc(-c2ccccc2)cc1. The van der Waals surface area contributed by atoms with Crippen LogP contribution in [0.5, 0.6) is 0 Å². The summed E-state index contributed by atoms with van der Waals surface area (Å²) in [6.45, 7) is 4.06. The van der Waals surface area contributed by atoms with E-state index in [4.69, 9.17) is 5.73 Å². The van der Waals surface area contributed by atoms with Crippen LogP contribution in [0.4, 0.5) is 0 Å². The summed E-state index contributed by atoms with van der Waals surface area (Å²) < 4.78 is 0. The van der Waals surface area contributed by atoms with E-state index in [0.717, 1.165) is 21.6 Å². The van der Waals surface area contributed by atoms with Crippen molar-refractivity contribution in [2.75, 3.05) is 0 Å². The van der Waals surface area contributed by atoms with Crippen molar-refractivity contribution < 1.29 is 0 Å². The van der Waals surface area contributed by atoms with Crippen molar-refractivity contribution in [2.24, 2.45) is 5.73 Å². The van der Waals surface area contributed by atoms with Gasteiger partial charge in [-0.15, -0.1) is 0 Å². The van der Waals surface area contributed by atoms with Crippen LogP contribution in [0.1, 0.15) is 5.56 Å². The molecule has 23 heavy (non-hydrogen) atoms. The minimum absolute atomic E-state index is 0.987. The Bertz CT molecular complexity index is 920. The molecule has 3 aromatic rings. The van der Waals surface area contributed by atoms with E-state index in [0.29, 0.717) is 0 Å². The van der Waals surface area contributed by atoms with Gasteiger partial charge in [-0.25, -0.2) is 0 Å². The van der Waals surface area contributed by atoms with Crippen LogP contribution in [0.2, 0.25) is 0 Å². The molecule has 0 heterocycles. The van der Waals surface area contributed by atoms with Crippen molar-refractivity contribution in [3.05, 3.63) is 101 Å². The van der Waals surface area contributed by atoms with Gasteiger partial charge in [-0.1, -0.05) is 85.4 Å². The molecule has 0 saturated carbocycles. The first-order valence-electron chi connectivity index (χ1n) is 7.61. The molecule has 112 valence electrons. The molecule has 0 bridgehead atoms. The van der Waals surface area contributed by atoms with Crippen LogP contribution in [0.15, 0.2) is 85.1 Å². The third kappa shape index (κ3) is 3.41. The highest BCUT2D eigenvalue weighted by molar-refractivity contribution is 5.88. The first kappa shape index (κ1) is 14.9. The molecule has 0 unspecified atom stereocenters. The molecule has 1 nitrogen and oxygen atoms in total. The van der Waals surface area contributed by atoms with Crippen molar-refractivity contribution in [3.63, 3.8) is 0 Å². The highest BCUT2D eigenvalue weighted by Crippen LogP contribution is 2.22. The molecule has 0 aliphatic carbocycles. The first-order valence-corrected chi connectivity index (χ1v) is 7.61. The van der Waals surface area contributed by atoms with E-state index >= 15 is 0 Å². The minimum atomic E-state index is 0.987. The zero-order valence-electron chi connectivity index (χ0n) is 12.9. The van der Waals surface area contributed by atoms with Gasteiger partial charge in [0.25, 0.3) is 0 Å². The molecule has 0 radical (unpaired) electrons. The number of hydrogen-bond donors (Lipinski definition) is 1. The largest absolute Gasteiger partial charge is 0.404 e. The number of allylic oxidation sites excluding steroid dienone is 1. The number of benzene rings is 3. The summed E-state index contributed by atoms with van der Waals surface area (Å²) in [5.74, 6) is 0. The van der Waals surface area contributed by atoms with Crippen molar-refractivity contribution in [3.8, 4) is 11.1 Å². The Balaban J connectivity index is 1.97. The Hall–Kier alpha value is -3.06. The minimum Gasteiger partial charge on any atom is -0.404 e. The molecule has 0 saturated heterocycles. The summed E-state index contributed by atoms with van der Waals surface area (Å²) in [7, 11) is 0. The summed E-state index contributed by atoms with van der Waals surface area (Å²) in [6, 6.07) is 26.8. The van der Waals surface area contributed by atoms with Crippen LogP contribution in [0.25, 0.3) is 29.4 Å². The van der Waals surface area contributed by atoms with E-state index in [1.54, 1.807) is 6.20 Å². The fraction of sp³-hybridized carbons (Fsp3) is 0. The normalized spacial score (nSPS) is 12.3. The van der Waals surface area contributed by atoms with Gasteiger partial charge in [-0.2, -0.15) is 0 Å². The van der Waals surface area contributed by atoms with E-state index < -0.39 is 0 Å². The van der Waals surface area contributed by atoms with Crippen LogP contribution in [0.3, 0.4) is 0 Å². The second kappa shape index (κ2) is 6.80. The molecule has 0 aliphatic rings. The predicted molar refractivity (Wildman–Crippen MR) is 99.7 cm³/mol. The molecule has 3 aromatic carbocycles. The molecular weight excluding hydrogens is 278 g/mol. The Morgan fingerprint density at radius 3 is 2.00 bits per heavy atom. The second-order valence-electron chi connectivity index (χ2n) is 5.41. The summed E-state index contributed by atoms with van der Waals surface area (Å²) in [5.41, 5.74) is 10.3. The van der Waals surface area contributed by atoms with Gasteiger partial charge in [0.2, 0.25) is 0 Å². The van der Waals surface area contributed by atoms with Crippen molar-refractivity contribution >= 4 is 18.2 Å². The van der Waals surface area contributed by atoms with Gasteiger partial charge >= 0.3 is 0 Å². The van der Waals surface area contributed by atoms with Crippen LogP contribution in [-0.2, 0) is 0 Å². The third-order valence-corrected chi connectivity index (χ3v) is 3.87. The highest BCUT2D eigenvalue weighted by atomic mass is 14.5. The van der Waals surface area contributed by atoms with Gasteiger partial charge in [0, 0.05) is 6.20 Å². The lowest BCUT2D eigenvalue weighted by Gasteiger charge is -2.05. The van der Waals surface area contributed by atoms with Gasteiger partial charge in [-0.05, 0) is 38.8 Å². The Morgan fingerprint density at radius 2 is 1.35 bits per heavy atom. The lowest BCUT2D eigenvalue weighted by molar-refractivity contribution is 1.51. The van der Waals surface area contributed by atoms with Crippen LogP contribution in [0, 0.1) is 0 Å². The van der Waals surface area contributed by atoms with Crippen LogP contribution >= 0.6 is 0 Å². The zero-order chi connectivity index (χ0) is 16.1. The number of hydrogen-bond acceptors (Lipinski definition) is 1. The van der Waals surface area contributed by atoms with E-state index in [2.05, 4.69) is 49.1 Å². The van der Waals surface area contributed by atoms with E-state index in [1.807, 2.05) is 42.5 Å². The molecule has 3 rings (SSSR count). The Morgan fingerprint density at radius 1 is 0.739 bits per heavy atom. The van der Waals surface area contributed by atoms with E-state index in [-0.39, 0.29) is 0 Å². The van der Waals surface area contributed by atoms with Gasteiger partial charge in [0.05, 0.1) is 0 Å². The third-order valence-electron chi connectivity index (χ3n) is 3.87. The maximum Gasteiger partial charge on any atom is 0.00178 e. The fourth-order valence-corrected chi connectivity index (χ4v) is 2.56. The molecule has 0 amide bonds. The molecule has 2 N–H and O–H groups in total. The molecule has 0 aromatic heterocycles. The molecular formula is C22H19N. The summed E-state index contributed by atoms with van der Waals surface area (Å²) >= 11 is 0. The lowest BCUT2D eigenvalue weighted by atomic mass is 10.00. The topological polar surface area (TPSA) is 26.0 Å². The Labute approximate surface area is 136 Å². The average molecular weight is 297 g/mol. The van der Waals surface area contributed by atoms with Gasteiger partial charge in [-0.3, -0.25) is 0 Å². The lowest BCUT2D eigenvalue weighted by Crippen LogP contribution is -2.21. The highest BCUT2D eigenvalue weighted by Gasteiger charge is 2.00. The van der Waals surface area contributed by atoms with Crippen LogP contribution < -0.4 is 16.2 Å². The number of rotatable bonds is 3. The van der Waals surface area contributed by atoms with Crippen molar-refractivity contribution in [1.82, 2.24) is 0 Å². The average Bonchev–Trinajstić information content (AvgIpc) is 2.62. The smallest absolute Gasteiger partial charge is 0.00178 e. The van der Waals surface area contributed by atoms with Crippen molar-refractivity contribution in [2.45, 2.75) is 0 Å². The van der Waals surface area contributed by atoms with Crippen LogP contribution in [-0.4, -0.2) is 0 Å². The van der Waals surface area contributed by atoms with Gasteiger partial charge in [0.15, 0.2) is 0 Å². The molecule has 0 aliphatic heterocycles. The molecule has 1 heteroatoms. The monoisotopic (exact) mass is 297 g/mol. The summed E-state index contributed by atoms with van der Waals surface area (Å²) in [5, 5.41) is 2.07. The summed E-state index contributed by atoms with van der Waals surface area (Å²) in [4.78, 5) is 0. The quantitative estimate of drug-likeness (QED) is 0.786.